The minimum absolute atomic E-state index is 0.0343. The number of nitrogens with zero attached hydrogens (tertiary/aromatic N) is 2. The smallest absolute Gasteiger partial charge is 0.234 e. The van der Waals surface area contributed by atoms with Crippen molar-refractivity contribution in [1.82, 2.24) is 19.8 Å². The summed E-state index contributed by atoms with van der Waals surface area (Å²) in [4.78, 5) is 18.6. The highest BCUT2D eigenvalue weighted by atomic mass is 16.5. The number of hydrogen-bond acceptors (Lipinski definition) is 3. The number of nitrogens with one attached hydrogen (secondary N) is 2. The second-order valence-corrected chi connectivity index (χ2v) is 8.69. The Morgan fingerprint density at radius 2 is 1.94 bits per heavy atom. The van der Waals surface area contributed by atoms with Gasteiger partial charge in [0.2, 0.25) is 5.91 Å². The molecule has 3 heterocycles. The number of fused-ring (bicyclic) bond motifs is 2. The molecule has 1 amide bonds. The van der Waals surface area contributed by atoms with Crippen LogP contribution in [0.3, 0.4) is 0 Å². The van der Waals surface area contributed by atoms with Crippen molar-refractivity contribution >= 4 is 16.8 Å². The number of hydrogen-bond donors (Lipinski definition) is 2. The summed E-state index contributed by atoms with van der Waals surface area (Å²) in [7, 11) is 1.67. The Morgan fingerprint density at radius 3 is 2.76 bits per heavy atom. The number of amides is 1. The number of H-pyrrole nitrogens is 1. The van der Waals surface area contributed by atoms with Gasteiger partial charge in [-0.15, -0.1) is 0 Å². The van der Waals surface area contributed by atoms with Gasteiger partial charge in [0.15, 0.2) is 0 Å². The van der Waals surface area contributed by atoms with E-state index in [1.165, 1.54) is 16.6 Å². The predicted octanol–water partition coefficient (Wildman–Crippen LogP) is 4.30. The standard InChI is InChI=1S/C27H30N4O2/c1-19-26-8-5-13-30(26)14-15-31(19)18-27(32)29-16-23(20-9-11-21(33-2)12-10-20)24-17-28-25-7-4-3-6-22(24)25/h3-13,17,19,23,28H,14-16,18H2,1-2H3,(H,29,32). The van der Waals surface area contributed by atoms with Gasteiger partial charge in [0.05, 0.1) is 13.7 Å². The molecule has 0 bridgehead atoms. The molecule has 6 nitrogen and oxygen atoms in total. The summed E-state index contributed by atoms with van der Waals surface area (Å²) in [5, 5.41) is 4.39. The Bertz CT molecular complexity index is 1240. The van der Waals surface area contributed by atoms with Crippen molar-refractivity contribution in [3.63, 3.8) is 0 Å². The third-order valence-electron chi connectivity index (χ3n) is 6.83. The SMILES string of the molecule is COc1ccc(C(CNC(=O)CN2CCn3cccc3C2C)c2c[nH]c3ccccc23)cc1. The van der Waals surface area contributed by atoms with Crippen molar-refractivity contribution < 1.29 is 9.53 Å². The molecular weight excluding hydrogens is 412 g/mol. The van der Waals surface area contributed by atoms with Gasteiger partial charge in [-0.2, -0.15) is 0 Å². The van der Waals surface area contributed by atoms with E-state index in [0.29, 0.717) is 13.1 Å². The number of carbonyl (C=O) groups excluding carboxylic acids is 1. The Balaban J connectivity index is 1.33. The molecule has 0 spiro atoms. The monoisotopic (exact) mass is 442 g/mol. The molecule has 33 heavy (non-hydrogen) atoms. The molecule has 2 N–H and O–H groups in total. The number of aromatic nitrogens is 2. The molecule has 1 aliphatic heterocycles. The van der Waals surface area contributed by atoms with Crippen molar-refractivity contribution in [2.24, 2.45) is 0 Å². The fraction of sp³-hybridized carbons (Fsp3) is 0.296. The van der Waals surface area contributed by atoms with Crippen LogP contribution in [0.2, 0.25) is 0 Å². The Labute approximate surface area is 194 Å². The molecule has 1 aliphatic rings. The van der Waals surface area contributed by atoms with Crippen LogP contribution in [0.25, 0.3) is 10.9 Å². The molecule has 5 rings (SSSR count). The first-order valence-electron chi connectivity index (χ1n) is 11.5. The summed E-state index contributed by atoms with van der Waals surface area (Å²) in [5.41, 5.74) is 4.69. The summed E-state index contributed by atoms with van der Waals surface area (Å²) in [6, 6.07) is 20.9. The van der Waals surface area contributed by atoms with E-state index in [1.54, 1.807) is 7.11 Å². The maximum absolute atomic E-state index is 13.0. The first-order valence-corrected chi connectivity index (χ1v) is 11.5. The summed E-state index contributed by atoms with van der Waals surface area (Å²) in [6.07, 6.45) is 4.18. The van der Waals surface area contributed by atoms with Crippen molar-refractivity contribution in [2.45, 2.75) is 25.4 Å². The van der Waals surface area contributed by atoms with Gasteiger partial charge in [-0.05, 0) is 48.4 Å². The van der Waals surface area contributed by atoms with E-state index >= 15 is 0 Å². The Kier molecular flexibility index (Phi) is 5.92. The molecular formula is C27H30N4O2. The first-order chi connectivity index (χ1) is 16.1. The number of rotatable bonds is 7. The summed E-state index contributed by atoms with van der Waals surface area (Å²) in [6.45, 7) is 4.90. The lowest BCUT2D eigenvalue weighted by Gasteiger charge is -2.34. The van der Waals surface area contributed by atoms with Crippen molar-refractivity contribution in [3.8, 4) is 5.75 Å². The zero-order valence-corrected chi connectivity index (χ0v) is 19.1. The minimum Gasteiger partial charge on any atom is -0.497 e. The van der Waals surface area contributed by atoms with Gasteiger partial charge < -0.3 is 19.6 Å². The predicted molar refractivity (Wildman–Crippen MR) is 131 cm³/mol. The number of carbonyl (C=O) groups is 1. The minimum atomic E-state index is 0.0343. The van der Waals surface area contributed by atoms with Crippen LogP contribution in [-0.2, 0) is 11.3 Å². The van der Waals surface area contributed by atoms with Crippen LogP contribution in [0.15, 0.2) is 73.1 Å². The van der Waals surface area contributed by atoms with Crippen LogP contribution in [0.4, 0.5) is 0 Å². The van der Waals surface area contributed by atoms with Gasteiger partial charge in [0, 0.05) is 60.6 Å². The fourth-order valence-electron chi connectivity index (χ4n) is 4.93. The zero-order valence-electron chi connectivity index (χ0n) is 19.1. The van der Waals surface area contributed by atoms with Gasteiger partial charge in [0.25, 0.3) is 0 Å². The van der Waals surface area contributed by atoms with E-state index in [0.717, 1.165) is 29.9 Å². The highest BCUT2D eigenvalue weighted by Gasteiger charge is 2.26. The third-order valence-corrected chi connectivity index (χ3v) is 6.83. The van der Waals surface area contributed by atoms with E-state index in [1.807, 2.05) is 18.2 Å². The topological polar surface area (TPSA) is 62.3 Å². The normalized spacial score (nSPS) is 17.0. The number of benzene rings is 2. The van der Waals surface area contributed by atoms with Crippen LogP contribution < -0.4 is 10.1 Å². The number of para-hydroxylation sites is 1. The molecule has 2 aromatic carbocycles. The van der Waals surface area contributed by atoms with E-state index < -0.39 is 0 Å². The quantitative estimate of drug-likeness (QED) is 0.449. The molecule has 0 aliphatic carbocycles. The van der Waals surface area contributed by atoms with Gasteiger partial charge in [-0.25, -0.2) is 0 Å². The molecule has 0 saturated heterocycles. The molecule has 0 saturated carbocycles. The van der Waals surface area contributed by atoms with Crippen molar-refractivity contribution in [2.75, 3.05) is 26.7 Å². The van der Waals surface area contributed by atoms with E-state index in [4.69, 9.17) is 4.74 Å². The van der Waals surface area contributed by atoms with Crippen molar-refractivity contribution in [1.29, 1.82) is 0 Å². The summed E-state index contributed by atoms with van der Waals surface area (Å²) >= 11 is 0. The molecule has 2 atom stereocenters. The van der Waals surface area contributed by atoms with Crippen LogP contribution in [0.5, 0.6) is 5.75 Å². The summed E-state index contributed by atoms with van der Waals surface area (Å²) in [5.74, 6) is 0.913. The van der Waals surface area contributed by atoms with Gasteiger partial charge >= 0.3 is 0 Å². The third kappa shape index (κ3) is 4.26. The maximum Gasteiger partial charge on any atom is 0.234 e. The second kappa shape index (κ2) is 9.16. The highest BCUT2D eigenvalue weighted by Crippen LogP contribution is 2.31. The van der Waals surface area contributed by atoms with Gasteiger partial charge in [0.1, 0.15) is 5.75 Å². The largest absolute Gasteiger partial charge is 0.497 e. The molecule has 0 fully saturated rings. The Morgan fingerprint density at radius 1 is 1.12 bits per heavy atom. The van der Waals surface area contributed by atoms with Crippen LogP contribution in [-0.4, -0.2) is 47.1 Å². The molecule has 2 unspecified atom stereocenters. The van der Waals surface area contributed by atoms with Gasteiger partial charge in [-0.3, -0.25) is 9.69 Å². The molecule has 6 heteroatoms. The first kappa shape index (κ1) is 21.3. The van der Waals surface area contributed by atoms with E-state index in [9.17, 15) is 4.79 Å². The van der Waals surface area contributed by atoms with Crippen molar-refractivity contribution in [3.05, 3.63) is 89.9 Å². The van der Waals surface area contributed by atoms with Crippen LogP contribution in [0, 0.1) is 0 Å². The average molecular weight is 443 g/mol. The highest BCUT2D eigenvalue weighted by molar-refractivity contribution is 5.84. The lowest BCUT2D eigenvalue weighted by molar-refractivity contribution is -0.123. The number of aromatic amines is 1. The average Bonchev–Trinajstić information content (AvgIpc) is 3.49. The fourth-order valence-corrected chi connectivity index (χ4v) is 4.93. The van der Waals surface area contributed by atoms with E-state index in [-0.39, 0.29) is 17.9 Å². The van der Waals surface area contributed by atoms with E-state index in [2.05, 4.69) is 81.5 Å². The number of ether oxygens (including phenoxy) is 1. The van der Waals surface area contributed by atoms with Crippen LogP contribution >= 0.6 is 0 Å². The molecule has 0 radical (unpaired) electrons. The number of methoxy groups -OCH3 is 1. The molecule has 170 valence electrons. The molecule has 2 aromatic heterocycles. The van der Waals surface area contributed by atoms with Gasteiger partial charge in [-0.1, -0.05) is 30.3 Å². The lowest BCUT2D eigenvalue weighted by Crippen LogP contribution is -2.43. The maximum atomic E-state index is 13.0. The Hall–Kier alpha value is -3.51. The lowest BCUT2D eigenvalue weighted by atomic mass is 9.90. The summed E-state index contributed by atoms with van der Waals surface area (Å²) < 4.78 is 7.61. The second-order valence-electron chi connectivity index (χ2n) is 8.69. The van der Waals surface area contributed by atoms with Crippen LogP contribution in [0.1, 0.15) is 35.7 Å². The zero-order chi connectivity index (χ0) is 22.8. The molecule has 4 aromatic rings.